The van der Waals surface area contributed by atoms with Crippen LogP contribution < -0.4 is 9.21 Å². The van der Waals surface area contributed by atoms with E-state index in [0.29, 0.717) is 42.5 Å². The molecular formula is C21H25ClFN3O3S. The van der Waals surface area contributed by atoms with Gasteiger partial charge in [-0.05, 0) is 55.8 Å². The molecule has 30 heavy (non-hydrogen) atoms. The summed E-state index contributed by atoms with van der Waals surface area (Å²) < 4.78 is 39.4. The molecule has 9 heteroatoms. The number of hydrogen-bond donors (Lipinski definition) is 0. The van der Waals surface area contributed by atoms with Crippen LogP contribution in [0.15, 0.2) is 42.5 Å². The Bertz CT molecular complexity index is 1020. The summed E-state index contributed by atoms with van der Waals surface area (Å²) in [4.78, 5) is 16.9. The molecule has 2 aromatic carbocycles. The van der Waals surface area contributed by atoms with E-state index in [2.05, 4.69) is 4.90 Å². The molecule has 1 atom stereocenters. The van der Waals surface area contributed by atoms with Crippen LogP contribution in [0.25, 0.3) is 0 Å². The fourth-order valence-electron chi connectivity index (χ4n) is 3.70. The highest BCUT2D eigenvalue weighted by Crippen LogP contribution is 2.29. The van der Waals surface area contributed by atoms with Crippen molar-refractivity contribution in [3.05, 3.63) is 58.9 Å². The first-order valence-electron chi connectivity index (χ1n) is 9.63. The average molecular weight is 454 g/mol. The number of halogens is 2. The Hall–Kier alpha value is -2.32. The van der Waals surface area contributed by atoms with Gasteiger partial charge in [0, 0.05) is 36.9 Å². The molecule has 0 bridgehead atoms. The van der Waals surface area contributed by atoms with Gasteiger partial charge in [-0.1, -0.05) is 17.7 Å². The van der Waals surface area contributed by atoms with Gasteiger partial charge in [-0.2, -0.15) is 0 Å². The lowest BCUT2D eigenvalue weighted by atomic mass is 10.1. The number of rotatable bonds is 5. The number of piperazine rings is 1. The summed E-state index contributed by atoms with van der Waals surface area (Å²) in [5.74, 6) is -0.558. The zero-order valence-corrected chi connectivity index (χ0v) is 18.8. The van der Waals surface area contributed by atoms with Crippen molar-refractivity contribution in [2.24, 2.45) is 0 Å². The van der Waals surface area contributed by atoms with Crippen molar-refractivity contribution in [3.63, 3.8) is 0 Å². The van der Waals surface area contributed by atoms with Gasteiger partial charge in [-0.25, -0.2) is 12.8 Å². The molecule has 0 radical (unpaired) electrons. The van der Waals surface area contributed by atoms with Crippen molar-refractivity contribution in [2.75, 3.05) is 41.6 Å². The van der Waals surface area contributed by atoms with Crippen molar-refractivity contribution in [1.29, 1.82) is 0 Å². The van der Waals surface area contributed by atoms with Gasteiger partial charge in [0.15, 0.2) is 0 Å². The summed E-state index contributed by atoms with van der Waals surface area (Å²) in [5, 5.41) is 0.400. The van der Waals surface area contributed by atoms with Gasteiger partial charge in [-0.15, -0.1) is 0 Å². The first-order valence-corrected chi connectivity index (χ1v) is 11.9. The summed E-state index contributed by atoms with van der Waals surface area (Å²) in [5.41, 5.74) is 2.00. The number of nitrogens with zero attached hydrogens (tertiary/aromatic N) is 3. The smallest absolute Gasteiger partial charge is 0.246 e. The molecule has 0 unspecified atom stereocenters. The molecule has 1 heterocycles. The second-order valence-corrected chi connectivity index (χ2v) is 9.75. The zero-order chi connectivity index (χ0) is 22.1. The number of sulfonamides is 1. The standard InChI is InChI=1S/C21H25ClFN3O3S/c1-15-4-5-17(22)14-20(15)26(30(3,28)29)16(2)21(27)25-12-10-24(11-13-25)19-8-6-18(23)7-9-19/h4-9,14,16H,10-13H2,1-3H3/t16-/m0/s1. The molecule has 162 valence electrons. The third-order valence-corrected chi connectivity index (χ3v) is 6.72. The largest absolute Gasteiger partial charge is 0.368 e. The van der Waals surface area contributed by atoms with Crippen LogP contribution in [0.1, 0.15) is 12.5 Å². The number of carbonyl (C=O) groups excluding carboxylic acids is 1. The summed E-state index contributed by atoms with van der Waals surface area (Å²) in [6.07, 6.45) is 1.09. The molecule has 0 saturated carbocycles. The Balaban J connectivity index is 1.76. The highest BCUT2D eigenvalue weighted by atomic mass is 35.5. The fraction of sp³-hybridized carbons (Fsp3) is 0.381. The van der Waals surface area contributed by atoms with E-state index in [4.69, 9.17) is 11.6 Å². The van der Waals surface area contributed by atoms with Crippen molar-refractivity contribution < 1.29 is 17.6 Å². The first kappa shape index (κ1) is 22.4. The molecule has 0 aliphatic carbocycles. The molecule has 0 spiro atoms. The van der Waals surface area contributed by atoms with Gasteiger partial charge in [0.05, 0.1) is 11.9 Å². The Morgan fingerprint density at radius 2 is 1.70 bits per heavy atom. The lowest BCUT2D eigenvalue weighted by Crippen LogP contribution is -2.55. The molecule has 1 saturated heterocycles. The number of amides is 1. The van der Waals surface area contributed by atoms with Crippen LogP contribution >= 0.6 is 11.6 Å². The van der Waals surface area contributed by atoms with Crippen LogP contribution in [0.5, 0.6) is 0 Å². The monoisotopic (exact) mass is 453 g/mol. The van der Waals surface area contributed by atoms with Crippen LogP contribution in [-0.4, -0.2) is 57.7 Å². The molecule has 0 aromatic heterocycles. The van der Waals surface area contributed by atoms with Gasteiger partial charge in [0.25, 0.3) is 0 Å². The van der Waals surface area contributed by atoms with Crippen LogP contribution in [0.3, 0.4) is 0 Å². The Kier molecular flexibility index (Phi) is 6.57. The third-order valence-electron chi connectivity index (χ3n) is 5.26. The summed E-state index contributed by atoms with van der Waals surface area (Å²) in [6.45, 7) is 5.44. The van der Waals surface area contributed by atoms with Crippen molar-refractivity contribution >= 4 is 38.9 Å². The van der Waals surface area contributed by atoms with E-state index in [0.717, 1.165) is 16.2 Å². The third kappa shape index (κ3) is 4.87. The van der Waals surface area contributed by atoms with E-state index in [9.17, 15) is 17.6 Å². The maximum Gasteiger partial charge on any atom is 0.246 e. The molecule has 1 amide bonds. The molecule has 0 N–H and O–H groups in total. The van der Waals surface area contributed by atoms with E-state index >= 15 is 0 Å². The molecule has 2 aromatic rings. The maximum absolute atomic E-state index is 13.2. The quantitative estimate of drug-likeness (QED) is 0.697. The lowest BCUT2D eigenvalue weighted by molar-refractivity contribution is -0.132. The van der Waals surface area contributed by atoms with Gasteiger partial charge in [-0.3, -0.25) is 9.10 Å². The average Bonchev–Trinajstić information content (AvgIpc) is 2.70. The minimum absolute atomic E-state index is 0.265. The van der Waals surface area contributed by atoms with E-state index < -0.39 is 16.1 Å². The minimum atomic E-state index is -3.72. The summed E-state index contributed by atoms with van der Waals surface area (Å²) in [6, 6.07) is 10.3. The van der Waals surface area contributed by atoms with Crippen LogP contribution in [0, 0.1) is 12.7 Å². The Morgan fingerprint density at radius 1 is 1.10 bits per heavy atom. The number of anilines is 2. The number of carbonyl (C=O) groups is 1. The predicted octanol–water partition coefficient (Wildman–Crippen LogP) is 3.29. The Morgan fingerprint density at radius 3 is 2.27 bits per heavy atom. The predicted molar refractivity (Wildman–Crippen MR) is 118 cm³/mol. The number of benzene rings is 2. The fourth-order valence-corrected chi connectivity index (χ4v) is 5.08. The topological polar surface area (TPSA) is 60.9 Å². The van der Waals surface area contributed by atoms with Gasteiger partial charge in [0.2, 0.25) is 15.9 Å². The van der Waals surface area contributed by atoms with Crippen LogP contribution in [-0.2, 0) is 14.8 Å². The van der Waals surface area contributed by atoms with Crippen molar-refractivity contribution in [1.82, 2.24) is 4.90 Å². The maximum atomic E-state index is 13.2. The minimum Gasteiger partial charge on any atom is -0.368 e. The van der Waals surface area contributed by atoms with Crippen LogP contribution in [0.4, 0.5) is 15.8 Å². The molecule has 1 fully saturated rings. The van der Waals surface area contributed by atoms with E-state index in [1.807, 2.05) is 0 Å². The molecule has 1 aliphatic rings. The normalized spacial score (nSPS) is 15.8. The Labute approximate surface area is 181 Å². The van der Waals surface area contributed by atoms with Crippen molar-refractivity contribution in [2.45, 2.75) is 19.9 Å². The highest BCUT2D eigenvalue weighted by Gasteiger charge is 2.34. The van der Waals surface area contributed by atoms with Crippen molar-refractivity contribution in [3.8, 4) is 0 Å². The van der Waals surface area contributed by atoms with E-state index in [-0.39, 0.29) is 11.7 Å². The van der Waals surface area contributed by atoms with Gasteiger partial charge in [0.1, 0.15) is 11.9 Å². The number of hydrogen-bond acceptors (Lipinski definition) is 4. The van der Waals surface area contributed by atoms with Gasteiger partial charge < -0.3 is 9.80 Å². The molecule has 1 aliphatic heterocycles. The summed E-state index contributed by atoms with van der Waals surface area (Å²) >= 11 is 6.08. The first-order chi connectivity index (χ1) is 14.1. The van der Waals surface area contributed by atoms with Gasteiger partial charge >= 0.3 is 0 Å². The SMILES string of the molecule is Cc1ccc(Cl)cc1N([C@@H](C)C(=O)N1CCN(c2ccc(F)cc2)CC1)S(C)(=O)=O. The molecule has 6 nitrogen and oxygen atoms in total. The second kappa shape index (κ2) is 8.81. The zero-order valence-electron chi connectivity index (χ0n) is 17.2. The highest BCUT2D eigenvalue weighted by molar-refractivity contribution is 7.92. The van der Waals surface area contributed by atoms with Crippen LogP contribution in [0.2, 0.25) is 5.02 Å². The molecular weight excluding hydrogens is 429 g/mol. The number of aryl methyl sites for hydroxylation is 1. The van der Waals surface area contributed by atoms with E-state index in [1.165, 1.54) is 12.1 Å². The second-order valence-electron chi connectivity index (χ2n) is 7.45. The molecule has 3 rings (SSSR count). The summed E-state index contributed by atoms with van der Waals surface area (Å²) in [7, 11) is -3.72. The van der Waals surface area contributed by atoms with E-state index in [1.54, 1.807) is 49.1 Å². The lowest BCUT2D eigenvalue weighted by Gasteiger charge is -2.39.